The Balaban J connectivity index is 3.29. The standard InChI is InChI=1S/C13H22F2N2O7/c1-5(19)17-9-6(16)2-3-8(14)13(15,12(22)23)24-11(9)10(21)7(20)4-18/h6-11,18,20-21H,2-4,16H2,1H3,(H,17,19)(H,22,23). The molecule has 7 N–H and O–H groups in total. The predicted molar refractivity (Wildman–Crippen MR) is 75.2 cm³/mol. The Bertz CT molecular complexity index is 470. The van der Waals surface area contributed by atoms with Crippen LogP contribution in [0.2, 0.25) is 0 Å². The Labute approximate surface area is 136 Å². The van der Waals surface area contributed by atoms with Gasteiger partial charge in [-0.2, -0.15) is 4.39 Å². The number of carbonyl (C=O) groups is 2. The van der Waals surface area contributed by atoms with Crippen molar-refractivity contribution < 1.29 is 43.5 Å². The number of hydrogen-bond acceptors (Lipinski definition) is 7. The molecule has 140 valence electrons. The van der Waals surface area contributed by atoms with E-state index in [1.807, 2.05) is 0 Å². The molecule has 24 heavy (non-hydrogen) atoms. The number of carboxylic acids is 1. The van der Waals surface area contributed by atoms with E-state index in [4.69, 9.17) is 15.9 Å². The number of aliphatic hydroxyl groups excluding tert-OH is 3. The Kier molecular flexibility index (Phi) is 6.98. The molecule has 0 aromatic rings. The number of carbonyl (C=O) groups excluding carboxylic acids is 1. The number of nitrogens with one attached hydrogen (secondary N) is 1. The van der Waals surface area contributed by atoms with Crippen molar-refractivity contribution in [2.75, 3.05) is 6.61 Å². The van der Waals surface area contributed by atoms with E-state index in [0.717, 1.165) is 6.92 Å². The van der Waals surface area contributed by atoms with E-state index in [-0.39, 0.29) is 6.42 Å². The maximum absolute atomic E-state index is 14.5. The fraction of sp³-hybridized carbons (Fsp3) is 0.846. The van der Waals surface area contributed by atoms with E-state index in [9.17, 15) is 28.6 Å². The first-order valence-corrected chi connectivity index (χ1v) is 7.28. The van der Waals surface area contributed by atoms with Crippen LogP contribution in [0.1, 0.15) is 19.8 Å². The van der Waals surface area contributed by atoms with E-state index in [0.29, 0.717) is 0 Å². The van der Waals surface area contributed by atoms with Crippen LogP contribution >= 0.6 is 0 Å². The number of aliphatic hydroxyl groups is 3. The van der Waals surface area contributed by atoms with Gasteiger partial charge in [0.2, 0.25) is 5.91 Å². The largest absolute Gasteiger partial charge is 0.477 e. The van der Waals surface area contributed by atoms with Gasteiger partial charge in [-0.25, -0.2) is 9.18 Å². The zero-order valence-electron chi connectivity index (χ0n) is 12.9. The number of ether oxygens (including phenoxy) is 1. The van der Waals surface area contributed by atoms with Crippen molar-refractivity contribution >= 4 is 11.9 Å². The molecule has 1 fully saturated rings. The third-order valence-corrected chi connectivity index (χ3v) is 3.86. The van der Waals surface area contributed by atoms with Crippen LogP contribution in [-0.4, -0.2) is 81.3 Å². The summed E-state index contributed by atoms with van der Waals surface area (Å²) < 4.78 is 33.2. The summed E-state index contributed by atoms with van der Waals surface area (Å²) >= 11 is 0. The van der Waals surface area contributed by atoms with Gasteiger partial charge in [-0.15, -0.1) is 0 Å². The summed E-state index contributed by atoms with van der Waals surface area (Å²) in [4.78, 5) is 22.4. The van der Waals surface area contributed by atoms with Crippen molar-refractivity contribution in [3.05, 3.63) is 0 Å². The van der Waals surface area contributed by atoms with E-state index in [1.165, 1.54) is 0 Å². The molecule has 1 aliphatic heterocycles. The van der Waals surface area contributed by atoms with Crippen molar-refractivity contribution in [1.29, 1.82) is 0 Å². The van der Waals surface area contributed by atoms with Gasteiger partial charge in [0, 0.05) is 13.0 Å². The lowest BCUT2D eigenvalue weighted by Gasteiger charge is -2.41. The highest BCUT2D eigenvalue weighted by Gasteiger charge is 2.55. The first-order valence-electron chi connectivity index (χ1n) is 7.28. The Hall–Kier alpha value is -1.40. The molecule has 7 atom stereocenters. The van der Waals surface area contributed by atoms with E-state index >= 15 is 0 Å². The minimum atomic E-state index is -3.81. The maximum Gasteiger partial charge on any atom is 0.372 e. The van der Waals surface area contributed by atoms with Crippen molar-refractivity contribution in [1.82, 2.24) is 5.32 Å². The molecule has 11 heteroatoms. The van der Waals surface area contributed by atoms with Crippen LogP contribution in [0.5, 0.6) is 0 Å². The maximum atomic E-state index is 14.5. The molecule has 1 rings (SSSR count). The summed E-state index contributed by atoms with van der Waals surface area (Å²) in [5.41, 5.74) is 5.81. The highest BCUT2D eigenvalue weighted by molar-refractivity contribution is 5.76. The Morgan fingerprint density at radius 3 is 2.46 bits per heavy atom. The van der Waals surface area contributed by atoms with Crippen LogP contribution in [-0.2, 0) is 14.3 Å². The fourth-order valence-corrected chi connectivity index (χ4v) is 2.51. The molecule has 0 bridgehead atoms. The highest BCUT2D eigenvalue weighted by atomic mass is 19.2. The van der Waals surface area contributed by atoms with Gasteiger partial charge in [-0.05, 0) is 12.8 Å². The summed E-state index contributed by atoms with van der Waals surface area (Å²) in [5, 5.41) is 39.8. The number of aliphatic carboxylic acids is 1. The molecule has 1 amide bonds. The molecular formula is C13H22F2N2O7. The van der Waals surface area contributed by atoms with Gasteiger partial charge >= 0.3 is 11.8 Å². The van der Waals surface area contributed by atoms with Crippen LogP contribution in [0.4, 0.5) is 8.78 Å². The minimum Gasteiger partial charge on any atom is -0.477 e. The normalized spacial score (nSPS) is 37.0. The van der Waals surface area contributed by atoms with Crippen molar-refractivity contribution in [2.24, 2.45) is 5.73 Å². The molecule has 1 heterocycles. The molecule has 0 saturated carbocycles. The van der Waals surface area contributed by atoms with Gasteiger partial charge in [-0.3, -0.25) is 4.79 Å². The van der Waals surface area contributed by atoms with Crippen LogP contribution in [0.25, 0.3) is 0 Å². The average Bonchev–Trinajstić information content (AvgIpc) is 2.52. The summed E-state index contributed by atoms with van der Waals surface area (Å²) in [7, 11) is 0. The van der Waals surface area contributed by atoms with Gasteiger partial charge in [0.15, 0.2) is 6.17 Å². The number of rotatable bonds is 5. The van der Waals surface area contributed by atoms with Gasteiger partial charge < -0.3 is 36.2 Å². The molecule has 1 aliphatic rings. The van der Waals surface area contributed by atoms with E-state index in [2.05, 4.69) is 10.1 Å². The molecule has 0 aliphatic carbocycles. The Morgan fingerprint density at radius 2 is 2.00 bits per heavy atom. The summed E-state index contributed by atoms with van der Waals surface area (Å²) in [6.07, 6.45) is -9.18. The second-order valence-electron chi connectivity index (χ2n) is 5.71. The number of nitrogens with two attached hydrogens (primary N) is 1. The molecule has 0 aromatic carbocycles. The van der Waals surface area contributed by atoms with Gasteiger partial charge in [-0.1, -0.05) is 0 Å². The number of amides is 1. The number of hydrogen-bond donors (Lipinski definition) is 6. The zero-order valence-corrected chi connectivity index (χ0v) is 12.9. The molecule has 7 unspecified atom stereocenters. The quantitative estimate of drug-likeness (QED) is 0.323. The summed E-state index contributed by atoms with van der Waals surface area (Å²) in [6, 6.07) is -2.34. The SMILES string of the molecule is CC(=O)NC1C(N)CCC(F)C(F)(C(=O)O)OC1C(O)C(O)CO. The summed E-state index contributed by atoms with van der Waals surface area (Å²) in [5.74, 6) is -6.72. The first-order chi connectivity index (χ1) is 11.0. The second kappa shape index (κ2) is 8.12. The Morgan fingerprint density at radius 1 is 1.42 bits per heavy atom. The predicted octanol–water partition coefficient (Wildman–Crippen LogP) is -2.20. The monoisotopic (exact) mass is 356 g/mol. The third kappa shape index (κ3) is 4.36. The lowest BCUT2D eigenvalue weighted by molar-refractivity contribution is -0.257. The van der Waals surface area contributed by atoms with Gasteiger partial charge in [0.1, 0.15) is 18.3 Å². The molecule has 9 nitrogen and oxygen atoms in total. The molecule has 0 spiro atoms. The van der Waals surface area contributed by atoms with Crippen LogP contribution in [0, 0.1) is 0 Å². The molecular weight excluding hydrogens is 334 g/mol. The van der Waals surface area contributed by atoms with Crippen LogP contribution in [0.15, 0.2) is 0 Å². The van der Waals surface area contributed by atoms with Crippen molar-refractivity contribution in [2.45, 2.75) is 62.2 Å². The smallest absolute Gasteiger partial charge is 0.372 e. The van der Waals surface area contributed by atoms with Crippen LogP contribution < -0.4 is 11.1 Å². The van der Waals surface area contributed by atoms with E-state index < -0.39 is 67.3 Å². The topological polar surface area (TPSA) is 162 Å². The molecule has 1 saturated heterocycles. The lowest BCUT2D eigenvalue weighted by Crippen LogP contribution is -2.65. The summed E-state index contributed by atoms with van der Waals surface area (Å²) in [6.45, 7) is 0.129. The third-order valence-electron chi connectivity index (χ3n) is 3.86. The van der Waals surface area contributed by atoms with Crippen molar-refractivity contribution in [3.63, 3.8) is 0 Å². The number of halogens is 2. The number of alkyl halides is 2. The van der Waals surface area contributed by atoms with Gasteiger partial charge in [0.05, 0.1) is 12.6 Å². The van der Waals surface area contributed by atoms with Crippen molar-refractivity contribution in [3.8, 4) is 0 Å². The molecule has 0 radical (unpaired) electrons. The average molecular weight is 356 g/mol. The van der Waals surface area contributed by atoms with Crippen LogP contribution in [0.3, 0.4) is 0 Å². The van der Waals surface area contributed by atoms with E-state index in [1.54, 1.807) is 0 Å². The van der Waals surface area contributed by atoms with Gasteiger partial charge in [0.25, 0.3) is 0 Å². The molecule has 0 aromatic heterocycles. The lowest BCUT2D eigenvalue weighted by atomic mass is 9.89. The highest BCUT2D eigenvalue weighted by Crippen LogP contribution is 2.33. The second-order valence-corrected chi connectivity index (χ2v) is 5.71. The zero-order chi connectivity index (χ0) is 18.7. The fourth-order valence-electron chi connectivity index (χ4n) is 2.51. The number of carboxylic acid groups (broad SMARTS) is 1. The first kappa shape index (κ1) is 20.6. The minimum absolute atomic E-state index is 0.215.